The summed E-state index contributed by atoms with van der Waals surface area (Å²) >= 11 is 50.1. The third kappa shape index (κ3) is 8.81. The average molecular weight is 848 g/mol. The molecule has 0 saturated heterocycles. The molecule has 47 heavy (non-hydrogen) atoms. The van der Waals surface area contributed by atoms with Gasteiger partial charge >= 0.3 is 17.9 Å². The molecule has 270 valence electrons. The number of carbonyl (C=O) groups is 3. The standard InChI is InChI=1S/C28H36Cl8O10S/c29-18-14(15(26(37)38)19(30)23(34)22(18)33)9-44-46-11-3-7-13(8-4-11)47(42,43)12-5-1-10(2-6-12)45-28(41)17-16(27(39)40)20(31)24(35)25(36)21(17)32/h10-25H,1-9H2,(H,37,38)(H,39,40). The number of rotatable bonds is 10. The highest BCUT2D eigenvalue weighted by Crippen LogP contribution is 2.45. The Kier molecular flexibility index (Phi) is 14.6. The second kappa shape index (κ2) is 17.0. The van der Waals surface area contributed by atoms with Crippen molar-refractivity contribution in [2.75, 3.05) is 6.61 Å². The van der Waals surface area contributed by atoms with Crippen molar-refractivity contribution in [3.05, 3.63) is 0 Å². The topological polar surface area (TPSA) is 154 Å². The fourth-order valence-corrected chi connectivity index (χ4v) is 12.8. The molecule has 0 radical (unpaired) electrons. The number of alkyl halides is 8. The molecule has 0 aromatic heterocycles. The first-order valence-electron chi connectivity index (χ1n) is 15.3. The third-order valence-corrected chi connectivity index (χ3v) is 17.8. The average Bonchev–Trinajstić information content (AvgIpc) is 3.03. The zero-order valence-corrected chi connectivity index (χ0v) is 31.6. The second-order valence-corrected chi connectivity index (χ2v) is 19.2. The molecule has 4 aliphatic carbocycles. The summed E-state index contributed by atoms with van der Waals surface area (Å²) in [6.07, 6.45) is 1.62. The SMILES string of the molecule is O=C(O)C1C(Cl)C(Cl)C(Cl)C(Cl)C1COOC1CCC(S(=O)(=O)C2CCC(OC(=O)C3C(Cl)C(Cl)C(Cl)C(Cl)C3C(=O)O)CC2)CC1. The molecular formula is C28H36Cl8O10S. The molecule has 12 atom stereocenters. The molecule has 0 aliphatic heterocycles. The molecular weight excluding hydrogens is 812 g/mol. The molecule has 0 amide bonds. The van der Waals surface area contributed by atoms with Crippen molar-refractivity contribution < 1.29 is 47.5 Å². The highest BCUT2D eigenvalue weighted by molar-refractivity contribution is 7.92. The Labute approximate surface area is 313 Å². The van der Waals surface area contributed by atoms with E-state index in [0.717, 1.165) is 0 Å². The van der Waals surface area contributed by atoms with Crippen LogP contribution >= 0.6 is 92.8 Å². The van der Waals surface area contributed by atoms with Crippen LogP contribution in [0.25, 0.3) is 0 Å². The maximum absolute atomic E-state index is 13.5. The van der Waals surface area contributed by atoms with Crippen LogP contribution in [0.1, 0.15) is 51.4 Å². The Balaban J connectivity index is 1.24. The van der Waals surface area contributed by atoms with E-state index in [0.29, 0.717) is 25.7 Å². The minimum absolute atomic E-state index is 0.178. The van der Waals surface area contributed by atoms with Gasteiger partial charge in [-0.1, -0.05) is 0 Å². The van der Waals surface area contributed by atoms with Gasteiger partial charge in [-0.25, -0.2) is 18.2 Å². The van der Waals surface area contributed by atoms with E-state index < -0.39 is 117 Å². The molecule has 0 bridgehead atoms. The molecule has 0 aromatic carbocycles. The number of esters is 1. The zero-order chi connectivity index (χ0) is 35.0. The lowest BCUT2D eigenvalue weighted by atomic mass is 9.77. The number of halogens is 8. The van der Waals surface area contributed by atoms with Gasteiger partial charge in [0.2, 0.25) is 0 Å². The van der Waals surface area contributed by atoms with E-state index in [4.69, 9.17) is 107 Å². The second-order valence-electron chi connectivity index (χ2n) is 12.7. The van der Waals surface area contributed by atoms with Gasteiger partial charge in [0, 0.05) is 5.92 Å². The first-order chi connectivity index (χ1) is 22.0. The fraction of sp³-hybridized carbons (Fsp3) is 0.893. The monoisotopic (exact) mass is 844 g/mol. The van der Waals surface area contributed by atoms with Gasteiger partial charge in [0.05, 0.1) is 84.0 Å². The molecule has 0 spiro atoms. The predicted octanol–water partition coefficient (Wildman–Crippen LogP) is 6.04. The van der Waals surface area contributed by atoms with E-state index >= 15 is 0 Å². The quantitative estimate of drug-likeness (QED) is 0.115. The first-order valence-corrected chi connectivity index (χ1v) is 20.4. The number of carboxylic acid groups (broad SMARTS) is 2. The maximum Gasteiger partial charge on any atom is 0.311 e. The largest absolute Gasteiger partial charge is 0.481 e. The number of aliphatic carboxylic acids is 2. The molecule has 10 nitrogen and oxygen atoms in total. The van der Waals surface area contributed by atoms with E-state index in [-0.39, 0.29) is 32.3 Å². The van der Waals surface area contributed by atoms with Crippen LogP contribution in [0.15, 0.2) is 0 Å². The summed E-state index contributed by atoms with van der Waals surface area (Å²) in [6, 6.07) is 0. The molecule has 4 aliphatic rings. The molecule has 12 unspecified atom stereocenters. The minimum atomic E-state index is -3.52. The molecule has 2 N–H and O–H groups in total. The van der Waals surface area contributed by atoms with E-state index in [1.807, 2.05) is 0 Å². The number of hydrogen-bond acceptors (Lipinski definition) is 8. The lowest BCUT2D eigenvalue weighted by molar-refractivity contribution is -0.335. The molecule has 19 heteroatoms. The van der Waals surface area contributed by atoms with Gasteiger partial charge in [0.25, 0.3) is 0 Å². The van der Waals surface area contributed by atoms with Crippen LogP contribution in [0, 0.1) is 23.7 Å². The molecule has 4 fully saturated rings. The Morgan fingerprint density at radius 3 is 1.43 bits per heavy atom. The van der Waals surface area contributed by atoms with Crippen molar-refractivity contribution in [3.8, 4) is 0 Å². The van der Waals surface area contributed by atoms with Crippen molar-refractivity contribution in [3.63, 3.8) is 0 Å². The van der Waals surface area contributed by atoms with Gasteiger partial charge in [0.15, 0.2) is 9.84 Å². The van der Waals surface area contributed by atoms with E-state index in [1.165, 1.54) is 0 Å². The van der Waals surface area contributed by atoms with Crippen LogP contribution < -0.4 is 0 Å². The summed E-state index contributed by atoms with van der Waals surface area (Å²) in [5.41, 5.74) is 0. The fourth-order valence-electron chi connectivity index (χ4n) is 7.11. The highest BCUT2D eigenvalue weighted by Gasteiger charge is 2.56. The van der Waals surface area contributed by atoms with Crippen LogP contribution in [-0.4, -0.2) is 109 Å². The van der Waals surface area contributed by atoms with Crippen LogP contribution in [0.4, 0.5) is 0 Å². The van der Waals surface area contributed by atoms with Crippen molar-refractivity contribution in [2.24, 2.45) is 23.7 Å². The van der Waals surface area contributed by atoms with E-state index in [9.17, 15) is 33.0 Å². The van der Waals surface area contributed by atoms with Crippen molar-refractivity contribution in [2.45, 2.75) is 117 Å². The van der Waals surface area contributed by atoms with Crippen molar-refractivity contribution in [1.82, 2.24) is 0 Å². The lowest BCUT2D eigenvalue weighted by Crippen LogP contribution is -2.56. The molecule has 4 saturated carbocycles. The molecule has 4 rings (SSSR count). The van der Waals surface area contributed by atoms with Gasteiger partial charge < -0.3 is 14.9 Å². The van der Waals surface area contributed by atoms with Gasteiger partial charge in [-0.3, -0.25) is 14.4 Å². The first kappa shape index (κ1) is 40.4. The summed E-state index contributed by atoms with van der Waals surface area (Å²) in [5.74, 6) is -7.93. The normalized spacial score (nSPS) is 44.8. The van der Waals surface area contributed by atoms with Gasteiger partial charge in [-0.2, -0.15) is 0 Å². The minimum Gasteiger partial charge on any atom is -0.481 e. The highest BCUT2D eigenvalue weighted by atomic mass is 35.5. The van der Waals surface area contributed by atoms with Crippen LogP contribution in [0.2, 0.25) is 0 Å². The maximum atomic E-state index is 13.5. The summed E-state index contributed by atoms with van der Waals surface area (Å²) in [4.78, 5) is 47.8. The van der Waals surface area contributed by atoms with Crippen LogP contribution in [0.3, 0.4) is 0 Å². The van der Waals surface area contributed by atoms with E-state index in [1.54, 1.807) is 0 Å². The number of carboxylic acids is 2. The number of carbonyl (C=O) groups excluding carboxylic acids is 1. The predicted molar refractivity (Wildman–Crippen MR) is 180 cm³/mol. The lowest BCUT2D eigenvalue weighted by Gasteiger charge is -2.41. The van der Waals surface area contributed by atoms with E-state index in [2.05, 4.69) is 0 Å². The summed E-state index contributed by atoms with van der Waals surface area (Å²) in [6.45, 7) is -0.178. The zero-order valence-electron chi connectivity index (χ0n) is 24.7. The number of sulfone groups is 1. The van der Waals surface area contributed by atoms with Crippen molar-refractivity contribution >= 4 is 121 Å². The number of hydrogen-bond donors (Lipinski definition) is 2. The van der Waals surface area contributed by atoms with Gasteiger partial charge in [-0.05, 0) is 51.4 Å². The molecule has 0 aromatic rings. The Bertz CT molecular complexity index is 1230. The summed E-state index contributed by atoms with van der Waals surface area (Å²) < 4.78 is 32.7. The number of ether oxygens (including phenoxy) is 1. The van der Waals surface area contributed by atoms with Gasteiger partial charge in [-0.15, -0.1) is 92.8 Å². The smallest absolute Gasteiger partial charge is 0.311 e. The van der Waals surface area contributed by atoms with Crippen molar-refractivity contribution in [1.29, 1.82) is 0 Å². The summed E-state index contributed by atoms with van der Waals surface area (Å²) in [5, 5.41) is 10.6. The Morgan fingerprint density at radius 2 is 0.957 bits per heavy atom. The Morgan fingerprint density at radius 1 is 0.553 bits per heavy atom. The van der Waals surface area contributed by atoms with Crippen LogP contribution in [-0.2, 0) is 38.7 Å². The summed E-state index contributed by atoms with van der Waals surface area (Å²) in [7, 11) is -3.52. The van der Waals surface area contributed by atoms with Crippen LogP contribution in [0.5, 0.6) is 0 Å². The molecule has 0 heterocycles. The Hall–Kier alpha value is 0.600. The van der Waals surface area contributed by atoms with Gasteiger partial charge in [0.1, 0.15) is 6.10 Å². The third-order valence-electron chi connectivity index (χ3n) is 9.87.